The standard InChI is InChI=1S/CHCl2O3P/c2-1(3)6-7(4)5/h1H/p+1. The van der Waals surface area contributed by atoms with Crippen molar-refractivity contribution in [3.8, 4) is 0 Å². The van der Waals surface area contributed by atoms with Crippen molar-refractivity contribution in [3.63, 3.8) is 0 Å². The third-order valence-electron chi connectivity index (χ3n) is 0.170. The highest BCUT2D eigenvalue weighted by molar-refractivity contribution is 7.32. The van der Waals surface area contributed by atoms with Crippen LogP contribution in [0.4, 0.5) is 0 Å². The molecule has 0 saturated carbocycles. The molecule has 0 aliphatic rings. The molecule has 0 aromatic carbocycles. The molecule has 0 spiro atoms. The fourth-order valence-corrected chi connectivity index (χ4v) is 0.613. The maximum atomic E-state index is 9.57. The summed E-state index contributed by atoms with van der Waals surface area (Å²) >= 11 is 9.74. The Morgan fingerprint density at radius 1 is 1.71 bits per heavy atom. The van der Waals surface area contributed by atoms with E-state index in [9.17, 15) is 4.57 Å². The van der Waals surface area contributed by atoms with E-state index < -0.39 is 13.3 Å². The summed E-state index contributed by atoms with van der Waals surface area (Å²) in [4.78, 5) is 7.84. The van der Waals surface area contributed by atoms with Gasteiger partial charge in [0.15, 0.2) is 0 Å². The molecule has 42 valence electrons. The van der Waals surface area contributed by atoms with Crippen molar-refractivity contribution in [1.82, 2.24) is 0 Å². The number of hydrogen-bond acceptors (Lipinski definition) is 2. The highest BCUT2D eigenvalue weighted by Crippen LogP contribution is 2.21. The molecule has 0 aliphatic carbocycles. The van der Waals surface area contributed by atoms with Crippen LogP contribution >= 0.6 is 31.5 Å². The molecule has 0 radical (unpaired) electrons. The van der Waals surface area contributed by atoms with Crippen molar-refractivity contribution in [2.45, 2.75) is 5.02 Å². The van der Waals surface area contributed by atoms with Gasteiger partial charge in [-0.2, -0.15) is 0 Å². The fraction of sp³-hybridized carbons (Fsp3) is 1.00. The zero-order valence-electron chi connectivity index (χ0n) is 3.04. The Kier molecular flexibility index (Phi) is 3.89. The van der Waals surface area contributed by atoms with Crippen LogP contribution in [0.15, 0.2) is 0 Å². The minimum atomic E-state index is -2.65. The highest BCUT2D eigenvalue weighted by Gasteiger charge is 2.17. The molecule has 0 saturated heterocycles. The van der Waals surface area contributed by atoms with Crippen LogP contribution in [-0.4, -0.2) is 9.92 Å². The quantitative estimate of drug-likeness (QED) is 0.495. The maximum Gasteiger partial charge on any atom is 0.697 e. The van der Waals surface area contributed by atoms with Gasteiger partial charge >= 0.3 is 8.25 Å². The van der Waals surface area contributed by atoms with Crippen LogP contribution < -0.4 is 0 Å². The molecule has 0 bridgehead atoms. The number of hydrogen-bond donors (Lipinski definition) is 1. The first-order chi connectivity index (χ1) is 3.13. The molecular weight excluding hydrogens is 162 g/mol. The normalized spacial score (nSPS) is 12.3. The van der Waals surface area contributed by atoms with Gasteiger partial charge in [0.2, 0.25) is 0 Å². The van der Waals surface area contributed by atoms with Crippen molar-refractivity contribution in [2.75, 3.05) is 0 Å². The summed E-state index contributed by atoms with van der Waals surface area (Å²) in [7, 11) is -2.65. The summed E-state index contributed by atoms with van der Waals surface area (Å²) in [6, 6.07) is 0. The largest absolute Gasteiger partial charge is 0.697 e. The summed E-state index contributed by atoms with van der Waals surface area (Å²) in [5.74, 6) is 0. The summed E-state index contributed by atoms with van der Waals surface area (Å²) in [6.45, 7) is 0. The van der Waals surface area contributed by atoms with Gasteiger partial charge in [-0.15, -0.1) is 4.89 Å². The molecule has 7 heavy (non-hydrogen) atoms. The van der Waals surface area contributed by atoms with E-state index in [-0.39, 0.29) is 0 Å². The lowest BCUT2D eigenvalue weighted by molar-refractivity contribution is 0.306. The molecule has 0 heterocycles. The average Bonchev–Trinajstić information content (AvgIpc) is 1.27. The fourth-order valence-electron chi connectivity index (χ4n) is 0.0682. The number of alkyl halides is 2. The van der Waals surface area contributed by atoms with E-state index in [2.05, 4.69) is 4.52 Å². The predicted molar refractivity (Wildman–Crippen MR) is 26.4 cm³/mol. The Labute approximate surface area is 51.1 Å². The van der Waals surface area contributed by atoms with Crippen LogP contribution in [0.1, 0.15) is 0 Å². The molecule has 0 aliphatic heterocycles. The van der Waals surface area contributed by atoms with Gasteiger partial charge < -0.3 is 0 Å². The lowest BCUT2D eigenvalue weighted by Crippen LogP contribution is -1.83. The van der Waals surface area contributed by atoms with E-state index in [1.54, 1.807) is 0 Å². The molecule has 1 unspecified atom stereocenters. The van der Waals surface area contributed by atoms with Crippen molar-refractivity contribution in [1.29, 1.82) is 0 Å². The number of rotatable bonds is 2. The van der Waals surface area contributed by atoms with Gasteiger partial charge in [-0.3, -0.25) is 0 Å². The second-order valence-corrected chi connectivity index (χ2v) is 2.31. The molecule has 3 nitrogen and oxygen atoms in total. The third-order valence-corrected chi connectivity index (χ3v) is 0.988. The summed E-state index contributed by atoms with van der Waals surface area (Å²) in [5, 5.41) is -1.21. The lowest BCUT2D eigenvalue weighted by atomic mass is 11.7. The average molecular weight is 164 g/mol. The van der Waals surface area contributed by atoms with Gasteiger partial charge in [0.05, 0.1) is 0 Å². The summed E-state index contributed by atoms with van der Waals surface area (Å²) < 4.78 is 13.4. The minimum absolute atomic E-state index is 1.21. The van der Waals surface area contributed by atoms with Crippen LogP contribution in [0.25, 0.3) is 0 Å². The molecule has 6 heteroatoms. The molecule has 1 atom stereocenters. The van der Waals surface area contributed by atoms with E-state index in [1.807, 2.05) is 0 Å². The van der Waals surface area contributed by atoms with E-state index in [4.69, 9.17) is 28.1 Å². The topological polar surface area (TPSA) is 46.5 Å². The molecule has 0 fully saturated rings. The van der Waals surface area contributed by atoms with E-state index >= 15 is 0 Å². The zero-order valence-corrected chi connectivity index (χ0v) is 5.45. The second-order valence-electron chi connectivity index (χ2n) is 0.604. The van der Waals surface area contributed by atoms with Gasteiger partial charge in [-0.05, 0) is 0 Å². The van der Waals surface area contributed by atoms with Gasteiger partial charge in [-0.25, -0.2) is 0 Å². The summed E-state index contributed by atoms with van der Waals surface area (Å²) in [6.07, 6.45) is 0. The van der Waals surface area contributed by atoms with Crippen LogP contribution in [0.5, 0.6) is 0 Å². The molecule has 1 N–H and O–H groups in total. The maximum absolute atomic E-state index is 9.57. The van der Waals surface area contributed by atoms with Gasteiger partial charge in [0.25, 0.3) is 5.02 Å². The first-order valence-corrected chi connectivity index (χ1v) is 3.24. The van der Waals surface area contributed by atoms with Crippen LogP contribution in [-0.2, 0) is 9.09 Å². The molecule has 0 amide bonds. The summed E-state index contributed by atoms with van der Waals surface area (Å²) in [5.41, 5.74) is 0. The van der Waals surface area contributed by atoms with E-state index in [0.717, 1.165) is 0 Å². The SMILES string of the molecule is O=[P+](O)OC(Cl)Cl. The van der Waals surface area contributed by atoms with Crippen molar-refractivity contribution in [2.24, 2.45) is 0 Å². The Morgan fingerprint density at radius 2 is 2.14 bits per heavy atom. The lowest BCUT2D eigenvalue weighted by Gasteiger charge is -1.80. The Bertz CT molecular complexity index is 73.3. The van der Waals surface area contributed by atoms with Crippen molar-refractivity contribution in [3.05, 3.63) is 0 Å². The number of halogens is 2. The van der Waals surface area contributed by atoms with Crippen LogP contribution in [0, 0.1) is 0 Å². The van der Waals surface area contributed by atoms with E-state index in [1.165, 1.54) is 0 Å². The third kappa shape index (κ3) is 6.60. The van der Waals surface area contributed by atoms with Crippen molar-refractivity contribution < 1.29 is 14.0 Å². The molecular formula is CH2Cl2O3P+. The van der Waals surface area contributed by atoms with E-state index in [0.29, 0.717) is 0 Å². The van der Waals surface area contributed by atoms with Crippen LogP contribution in [0.2, 0.25) is 0 Å². The van der Waals surface area contributed by atoms with Gasteiger partial charge in [0.1, 0.15) is 0 Å². The first kappa shape index (κ1) is 7.60. The Hall–Kier alpha value is 0.600. The first-order valence-electron chi connectivity index (χ1n) is 1.24. The van der Waals surface area contributed by atoms with Gasteiger partial charge in [-0.1, -0.05) is 27.7 Å². The second kappa shape index (κ2) is 3.58. The smallest absolute Gasteiger partial charge is 0.133 e. The Balaban J connectivity index is 3.13. The molecule has 0 aromatic heterocycles. The molecule has 0 aromatic rings. The van der Waals surface area contributed by atoms with Crippen molar-refractivity contribution >= 4 is 31.5 Å². The minimum Gasteiger partial charge on any atom is -0.133 e. The molecule has 0 rings (SSSR count). The Morgan fingerprint density at radius 3 is 2.14 bits per heavy atom. The highest BCUT2D eigenvalue weighted by atomic mass is 35.5. The monoisotopic (exact) mass is 163 g/mol. The van der Waals surface area contributed by atoms with Crippen LogP contribution in [0.3, 0.4) is 0 Å². The van der Waals surface area contributed by atoms with Gasteiger partial charge in [0, 0.05) is 4.57 Å². The zero-order chi connectivity index (χ0) is 5.86. The predicted octanol–water partition coefficient (Wildman–Crippen LogP) is 1.41.